The Morgan fingerprint density at radius 1 is 1.46 bits per heavy atom. The summed E-state index contributed by atoms with van der Waals surface area (Å²) >= 11 is 0. The molecule has 0 fully saturated rings. The summed E-state index contributed by atoms with van der Waals surface area (Å²) in [6, 6.07) is 1.38. The number of hydrogen-bond acceptors (Lipinski definition) is 4. The second-order valence-electron chi connectivity index (χ2n) is 2.50. The number of aromatic nitrogens is 5. The molecule has 0 spiro atoms. The predicted molar refractivity (Wildman–Crippen MR) is 44.9 cm³/mol. The van der Waals surface area contributed by atoms with Gasteiger partial charge in [-0.2, -0.15) is 5.10 Å². The fraction of sp³-hybridized carbons (Fsp3) is 0.143. The topological polar surface area (TPSA) is 76.5 Å². The molecule has 0 aromatic carbocycles. The van der Waals surface area contributed by atoms with Gasteiger partial charge >= 0.3 is 0 Å². The van der Waals surface area contributed by atoms with Gasteiger partial charge in [0.15, 0.2) is 5.82 Å². The maximum Gasteiger partial charge on any atom is 0.251 e. The van der Waals surface area contributed by atoms with Gasteiger partial charge in [-0.05, 0) is 0 Å². The highest BCUT2D eigenvalue weighted by molar-refractivity contribution is 5.46. The fourth-order valence-corrected chi connectivity index (χ4v) is 1.02. The third-order valence-corrected chi connectivity index (χ3v) is 1.62. The van der Waals surface area contributed by atoms with Gasteiger partial charge in [0.2, 0.25) is 0 Å². The Hall–Kier alpha value is -1.98. The zero-order valence-corrected chi connectivity index (χ0v) is 6.93. The number of aromatic amines is 1. The zero-order valence-electron chi connectivity index (χ0n) is 6.93. The van der Waals surface area contributed by atoms with Crippen LogP contribution in [0.4, 0.5) is 0 Å². The molecule has 13 heavy (non-hydrogen) atoms. The van der Waals surface area contributed by atoms with Crippen molar-refractivity contribution in [2.24, 2.45) is 7.05 Å². The molecule has 1 N–H and O–H groups in total. The Balaban J connectivity index is 2.59. The molecule has 2 aromatic rings. The Morgan fingerprint density at radius 3 is 2.92 bits per heavy atom. The van der Waals surface area contributed by atoms with Gasteiger partial charge in [-0.25, -0.2) is 14.6 Å². The van der Waals surface area contributed by atoms with Crippen LogP contribution in [0.2, 0.25) is 0 Å². The molecule has 0 aliphatic carbocycles. The van der Waals surface area contributed by atoms with Crippen molar-refractivity contribution in [1.82, 2.24) is 24.7 Å². The van der Waals surface area contributed by atoms with Gasteiger partial charge in [0.1, 0.15) is 12.0 Å². The van der Waals surface area contributed by atoms with Crippen molar-refractivity contribution in [1.29, 1.82) is 0 Å². The van der Waals surface area contributed by atoms with Crippen LogP contribution < -0.4 is 5.56 Å². The number of aryl methyl sites for hydroxylation is 1. The number of H-pyrrole nitrogens is 1. The standard InChI is InChI=1S/C7H7N5O/c1-12-7(10-4-11-12)5-2-6(13)9-3-8-5/h2-4H,1H3,(H,8,9,13). The molecule has 2 heterocycles. The summed E-state index contributed by atoms with van der Waals surface area (Å²) in [4.78, 5) is 21.3. The minimum absolute atomic E-state index is 0.201. The molecular formula is C7H7N5O. The van der Waals surface area contributed by atoms with Crippen LogP contribution in [0.1, 0.15) is 0 Å². The van der Waals surface area contributed by atoms with E-state index < -0.39 is 0 Å². The summed E-state index contributed by atoms with van der Waals surface area (Å²) in [7, 11) is 1.74. The third-order valence-electron chi connectivity index (χ3n) is 1.62. The van der Waals surface area contributed by atoms with E-state index in [0.29, 0.717) is 11.5 Å². The molecule has 66 valence electrons. The van der Waals surface area contributed by atoms with E-state index >= 15 is 0 Å². The largest absolute Gasteiger partial charge is 0.313 e. The summed E-state index contributed by atoms with van der Waals surface area (Å²) in [5.41, 5.74) is 0.316. The van der Waals surface area contributed by atoms with Gasteiger partial charge in [0.25, 0.3) is 5.56 Å². The van der Waals surface area contributed by atoms with Crippen molar-refractivity contribution in [2.45, 2.75) is 0 Å². The maximum atomic E-state index is 10.9. The number of nitrogens with zero attached hydrogens (tertiary/aromatic N) is 4. The van der Waals surface area contributed by atoms with Gasteiger partial charge in [-0.15, -0.1) is 0 Å². The first-order valence-corrected chi connectivity index (χ1v) is 3.66. The number of nitrogens with one attached hydrogen (secondary N) is 1. The average molecular weight is 177 g/mol. The van der Waals surface area contributed by atoms with Crippen LogP contribution in [0.5, 0.6) is 0 Å². The highest BCUT2D eigenvalue weighted by Gasteiger charge is 2.04. The van der Waals surface area contributed by atoms with Crippen LogP contribution in [0.25, 0.3) is 11.5 Å². The second kappa shape index (κ2) is 2.81. The minimum atomic E-state index is -0.201. The summed E-state index contributed by atoms with van der Waals surface area (Å²) in [5.74, 6) is 0.575. The van der Waals surface area contributed by atoms with E-state index in [9.17, 15) is 4.79 Å². The number of hydrogen-bond donors (Lipinski definition) is 1. The van der Waals surface area contributed by atoms with E-state index in [1.165, 1.54) is 18.7 Å². The van der Waals surface area contributed by atoms with Gasteiger partial charge in [-0.3, -0.25) is 4.79 Å². The van der Waals surface area contributed by atoms with Crippen molar-refractivity contribution in [3.8, 4) is 11.5 Å². The Morgan fingerprint density at radius 2 is 2.31 bits per heavy atom. The van der Waals surface area contributed by atoms with Crippen molar-refractivity contribution >= 4 is 0 Å². The minimum Gasteiger partial charge on any atom is -0.313 e. The summed E-state index contributed by atoms with van der Waals surface area (Å²) in [6.45, 7) is 0. The first-order valence-electron chi connectivity index (χ1n) is 3.66. The molecule has 0 bridgehead atoms. The fourth-order valence-electron chi connectivity index (χ4n) is 1.02. The van der Waals surface area contributed by atoms with E-state index in [1.807, 2.05) is 0 Å². The molecule has 0 saturated carbocycles. The molecule has 6 heteroatoms. The second-order valence-corrected chi connectivity index (χ2v) is 2.50. The molecule has 0 atom stereocenters. The Labute approximate surface area is 73.3 Å². The van der Waals surface area contributed by atoms with E-state index in [2.05, 4.69) is 20.1 Å². The van der Waals surface area contributed by atoms with E-state index in [4.69, 9.17) is 0 Å². The highest BCUT2D eigenvalue weighted by atomic mass is 16.1. The molecule has 0 aliphatic rings. The third kappa shape index (κ3) is 1.33. The number of rotatable bonds is 1. The van der Waals surface area contributed by atoms with Gasteiger partial charge in [0, 0.05) is 13.1 Å². The lowest BCUT2D eigenvalue weighted by Gasteiger charge is -1.96. The molecule has 2 rings (SSSR count). The molecule has 2 aromatic heterocycles. The predicted octanol–water partition coefficient (Wildman–Crippen LogP) is -0.435. The molecule has 0 aliphatic heterocycles. The van der Waals surface area contributed by atoms with Gasteiger partial charge in [-0.1, -0.05) is 0 Å². The molecular weight excluding hydrogens is 170 g/mol. The van der Waals surface area contributed by atoms with Crippen molar-refractivity contribution in [3.05, 3.63) is 29.1 Å². The summed E-state index contributed by atoms with van der Waals surface area (Å²) in [6.07, 6.45) is 2.75. The Bertz CT molecular complexity index is 471. The van der Waals surface area contributed by atoms with Gasteiger partial charge < -0.3 is 4.98 Å². The van der Waals surface area contributed by atoms with Crippen LogP contribution in [0.3, 0.4) is 0 Å². The van der Waals surface area contributed by atoms with E-state index in [0.717, 1.165) is 0 Å². The molecule has 0 amide bonds. The van der Waals surface area contributed by atoms with Crippen molar-refractivity contribution < 1.29 is 0 Å². The monoisotopic (exact) mass is 177 g/mol. The van der Waals surface area contributed by atoms with Gasteiger partial charge in [0.05, 0.1) is 6.33 Å². The molecule has 6 nitrogen and oxygen atoms in total. The average Bonchev–Trinajstić information content (AvgIpc) is 2.51. The Kier molecular flexibility index (Phi) is 1.66. The van der Waals surface area contributed by atoms with Crippen LogP contribution in [0, 0.1) is 0 Å². The highest BCUT2D eigenvalue weighted by Crippen LogP contribution is 2.07. The van der Waals surface area contributed by atoms with Crippen LogP contribution >= 0.6 is 0 Å². The molecule has 0 saturated heterocycles. The van der Waals surface area contributed by atoms with Crippen molar-refractivity contribution in [3.63, 3.8) is 0 Å². The smallest absolute Gasteiger partial charge is 0.251 e. The van der Waals surface area contributed by atoms with Crippen LogP contribution in [0.15, 0.2) is 23.5 Å². The lowest BCUT2D eigenvalue weighted by Crippen LogP contribution is -2.06. The summed E-state index contributed by atoms with van der Waals surface area (Å²) in [5, 5.41) is 3.88. The first kappa shape index (κ1) is 7.66. The van der Waals surface area contributed by atoms with E-state index in [-0.39, 0.29) is 5.56 Å². The zero-order chi connectivity index (χ0) is 9.26. The molecule has 0 radical (unpaired) electrons. The lowest BCUT2D eigenvalue weighted by atomic mass is 10.4. The van der Waals surface area contributed by atoms with Crippen molar-refractivity contribution in [2.75, 3.05) is 0 Å². The molecule has 0 unspecified atom stereocenters. The SMILES string of the molecule is Cn1ncnc1-c1cc(=O)[nH]cn1. The van der Waals surface area contributed by atoms with Crippen LogP contribution in [-0.2, 0) is 7.05 Å². The lowest BCUT2D eigenvalue weighted by molar-refractivity contribution is 0.771. The van der Waals surface area contributed by atoms with E-state index in [1.54, 1.807) is 11.7 Å². The first-order chi connectivity index (χ1) is 6.27. The van der Waals surface area contributed by atoms with Crippen LogP contribution in [-0.4, -0.2) is 24.7 Å². The normalized spacial score (nSPS) is 10.2. The summed E-state index contributed by atoms with van der Waals surface area (Å²) < 4.78 is 1.56. The quantitative estimate of drug-likeness (QED) is 0.641. The maximum absolute atomic E-state index is 10.9.